The number of carbonyl (C=O) groups excluding carboxylic acids is 1. The highest BCUT2D eigenvalue weighted by atomic mass is 32.2. The Bertz CT molecular complexity index is 970. The highest BCUT2D eigenvalue weighted by molar-refractivity contribution is 7.99. The largest absolute Gasteiger partial charge is 0.339 e. The van der Waals surface area contributed by atoms with Gasteiger partial charge in [-0.1, -0.05) is 17.7 Å². The number of sulfonamides is 1. The summed E-state index contributed by atoms with van der Waals surface area (Å²) in [5.74, 6) is 0.552. The van der Waals surface area contributed by atoms with Gasteiger partial charge >= 0.3 is 0 Å². The molecule has 1 aliphatic rings. The van der Waals surface area contributed by atoms with Crippen molar-refractivity contribution in [3.63, 3.8) is 0 Å². The summed E-state index contributed by atoms with van der Waals surface area (Å²) in [6.45, 7) is 3.83. The summed E-state index contributed by atoms with van der Waals surface area (Å²) in [6, 6.07) is 13.0. The monoisotopic (exact) mass is 464 g/mol. The first-order chi connectivity index (χ1) is 14.4. The summed E-state index contributed by atoms with van der Waals surface area (Å²) in [4.78, 5) is 16.9. The molecule has 162 valence electrons. The summed E-state index contributed by atoms with van der Waals surface area (Å²) in [6.07, 6.45) is 5.03. The third-order valence-electron chi connectivity index (χ3n) is 5.04. The summed E-state index contributed by atoms with van der Waals surface area (Å²) in [7, 11) is -3.68. The molecule has 2 aromatic carbocycles. The Morgan fingerprint density at radius 3 is 2.43 bits per heavy atom. The number of benzene rings is 2. The van der Waals surface area contributed by atoms with Crippen LogP contribution in [-0.2, 0) is 10.0 Å². The molecule has 1 N–H and O–H groups in total. The first-order valence-electron chi connectivity index (χ1n) is 10.1. The zero-order valence-corrected chi connectivity index (χ0v) is 19.8. The number of hydrogen-bond acceptors (Lipinski definition) is 5. The maximum absolute atomic E-state index is 13.0. The molecule has 5 nitrogen and oxygen atoms in total. The Kier molecular flexibility index (Phi) is 8.27. The molecule has 1 amide bonds. The van der Waals surface area contributed by atoms with E-state index in [1.807, 2.05) is 42.3 Å². The van der Waals surface area contributed by atoms with E-state index in [9.17, 15) is 13.2 Å². The van der Waals surface area contributed by atoms with Crippen molar-refractivity contribution in [2.75, 3.05) is 31.6 Å². The van der Waals surface area contributed by atoms with E-state index < -0.39 is 10.0 Å². The summed E-state index contributed by atoms with van der Waals surface area (Å²) < 4.78 is 28.2. The number of nitrogens with zero attached hydrogens (tertiary/aromatic N) is 1. The van der Waals surface area contributed by atoms with Crippen LogP contribution >= 0.6 is 23.5 Å². The molecule has 0 bridgehead atoms. The average Bonchev–Trinajstić information content (AvgIpc) is 2.77. The van der Waals surface area contributed by atoms with Gasteiger partial charge in [-0.05, 0) is 62.8 Å². The van der Waals surface area contributed by atoms with Gasteiger partial charge in [0.25, 0.3) is 5.91 Å². The van der Waals surface area contributed by atoms with Crippen molar-refractivity contribution < 1.29 is 13.2 Å². The number of nitrogens with one attached hydrogen (secondary N) is 1. The minimum Gasteiger partial charge on any atom is -0.339 e. The smallest absolute Gasteiger partial charge is 0.255 e. The van der Waals surface area contributed by atoms with Gasteiger partial charge in [0.1, 0.15) is 0 Å². The van der Waals surface area contributed by atoms with Crippen LogP contribution in [0.15, 0.2) is 57.2 Å². The normalized spacial score (nSPS) is 14.7. The lowest BCUT2D eigenvalue weighted by atomic mass is 10.1. The van der Waals surface area contributed by atoms with Crippen LogP contribution in [0.4, 0.5) is 0 Å². The number of likely N-dealkylation sites (tertiary alicyclic amines) is 1. The van der Waals surface area contributed by atoms with E-state index in [1.165, 1.54) is 23.4 Å². The molecule has 1 heterocycles. The van der Waals surface area contributed by atoms with Crippen LogP contribution in [0.3, 0.4) is 0 Å². The Morgan fingerprint density at radius 2 is 1.77 bits per heavy atom. The Hall–Kier alpha value is -1.48. The zero-order chi connectivity index (χ0) is 21.6. The van der Waals surface area contributed by atoms with Gasteiger partial charge in [-0.3, -0.25) is 4.79 Å². The van der Waals surface area contributed by atoms with Crippen LogP contribution in [0.5, 0.6) is 0 Å². The highest BCUT2D eigenvalue weighted by Crippen LogP contribution is 2.26. The SMILES string of the molecule is CSc1ccc(S(=O)(=O)NCCSc2ccc(C)cc2)cc1C(=O)N1CCCCC1. The first-order valence-corrected chi connectivity index (χ1v) is 13.8. The molecule has 1 saturated heterocycles. The molecule has 0 aliphatic carbocycles. The van der Waals surface area contributed by atoms with Crippen molar-refractivity contribution in [3.8, 4) is 0 Å². The lowest BCUT2D eigenvalue weighted by molar-refractivity contribution is 0.0720. The van der Waals surface area contributed by atoms with E-state index in [2.05, 4.69) is 4.72 Å². The second-order valence-electron chi connectivity index (χ2n) is 7.27. The highest BCUT2D eigenvalue weighted by Gasteiger charge is 2.23. The first kappa shape index (κ1) is 23.2. The lowest BCUT2D eigenvalue weighted by Crippen LogP contribution is -2.36. The molecule has 30 heavy (non-hydrogen) atoms. The third kappa shape index (κ3) is 6.03. The molecule has 0 aromatic heterocycles. The second-order valence-corrected chi connectivity index (χ2v) is 11.1. The number of amides is 1. The van der Waals surface area contributed by atoms with E-state index >= 15 is 0 Å². The molecule has 0 saturated carbocycles. The van der Waals surface area contributed by atoms with E-state index in [4.69, 9.17) is 0 Å². The third-order valence-corrected chi connectivity index (χ3v) is 8.31. The van der Waals surface area contributed by atoms with E-state index in [-0.39, 0.29) is 10.8 Å². The molecule has 2 aromatic rings. The predicted octanol–water partition coefficient (Wildman–Crippen LogP) is 4.41. The van der Waals surface area contributed by atoms with Crippen molar-refractivity contribution in [1.29, 1.82) is 0 Å². The molecule has 0 unspecified atom stereocenters. The number of rotatable bonds is 8. The lowest BCUT2D eigenvalue weighted by Gasteiger charge is -2.27. The van der Waals surface area contributed by atoms with Crippen LogP contribution in [0.1, 0.15) is 35.2 Å². The molecular weight excluding hydrogens is 436 g/mol. The fourth-order valence-electron chi connectivity index (χ4n) is 3.35. The maximum Gasteiger partial charge on any atom is 0.255 e. The van der Waals surface area contributed by atoms with Gasteiger partial charge in [-0.2, -0.15) is 0 Å². The molecule has 0 spiro atoms. The van der Waals surface area contributed by atoms with Crippen molar-refractivity contribution in [2.24, 2.45) is 0 Å². The number of hydrogen-bond donors (Lipinski definition) is 1. The summed E-state index contributed by atoms with van der Waals surface area (Å²) in [5, 5.41) is 0. The van der Waals surface area contributed by atoms with E-state index in [0.717, 1.165) is 42.1 Å². The van der Waals surface area contributed by atoms with Crippen LogP contribution in [0.25, 0.3) is 0 Å². The molecule has 8 heteroatoms. The van der Waals surface area contributed by atoms with Gasteiger partial charge in [0.2, 0.25) is 10.0 Å². The maximum atomic E-state index is 13.0. The van der Waals surface area contributed by atoms with Gasteiger partial charge < -0.3 is 4.90 Å². The number of aryl methyl sites for hydroxylation is 1. The van der Waals surface area contributed by atoms with Gasteiger partial charge in [0, 0.05) is 35.2 Å². The molecule has 1 fully saturated rings. The van der Waals surface area contributed by atoms with Crippen molar-refractivity contribution >= 4 is 39.5 Å². The zero-order valence-electron chi connectivity index (χ0n) is 17.4. The van der Waals surface area contributed by atoms with Crippen LogP contribution in [0, 0.1) is 6.92 Å². The number of piperidine rings is 1. The molecular formula is C22H28N2O3S3. The van der Waals surface area contributed by atoms with Crippen molar-refractivity contribution in [3.05, 3.63) is 53.6 Å². The molecule has 0 radical (unpaired) electrons. The van der Waals surface area contributed by atoms with Crippen LogP contribution in [-0.4, -0.2) is 50.9 Å². The van der Waals surface area contributed by atoms with Crippen LogP contribution in [0.2, 0.25) is 0 Å². The number of thioether (sulfide) groups is 2. The summed E-state index contributed by atoms with van der Waals surface area (Å²) in [5.41, 5.74) is 1.67. The molecule has 0 atom stereocenters. The predicted molar refractivity (Wildman–Crippen MR) is 125 cm³/mol. The Morgan fingerprint density at radius 1 is 1.07 bits per heavy atom. The second kappa shape index (κ2) is 10.7. The topological polar surface area (TPSA) is 66.5 Å². The minimum absolute atomic E-state index is 0.0778. The number of carbonyl (C=O) groups is 1. The molecule has 1 aliphatic heterocycles. The van der Waals surface area contributed by atoms with Gasteiger partial charge in [0.15, 0.2) is 0 Å². The average molecular weight is 465 g/mol. The standard InChI is InChI=1S/C22H28N2O3S3/c1-17-6-8-18(9-7-17)29-15-12-23-30(26,27)19-10-11-21(28-2)20(16-19)22(25)24-13-4-3-5-14-24/h6-11,16,23H,3-5,12-15H2,1-2H3. The Balaban J connectivity index is 1.67. The quantitative estimate of drug-likeness (QED) is 0.463. The van der Waals surface area contributed by atoms with Crippen molar-refractivity contribution in [2.45, 2.75) is 40.9 Å². The fraction of sp³-hybridized carbons (Fsp3) is 0.409. The van der Waals surface area contributed by atoms with Crippen molar-refractivity contribution in [1.82, 2.24) is 9.62 Å². The van der Waals surface area contributed by atoms with E-state index in [1.54, 1.807) is 23.9 Å². The summed E-state index contributed by atoms with van der Waals surface area (Å²) >= 11 is 3.07. The van der Waals surface area contributed by atoms with Crippen LogP contribution < -0.4 is 4.72 Å². The van der Waals surface area contributed by atoms with Gasteiger partial charge in [-0.25, -0.2) is 13.1 Å². The van der Waals surface area contributed by atoms with Gasteiger partial charge in [0.05, 0.1) is 10.5 Å². The minimum atomic E-state index is -3.68. The van der Waals surface area contributed by atoms with E-state index in [0.29, 0.717) is 17.9 Å². The van der Waals surface area contributed by atoms with Gasteiger partial charge in [-0.15, -0.1) is 23.5 Å². The fourth-order valence-corrected chi connectivity index (χ4v) is 5.88. The Labute approximate surface area is 188 Å². The molecule has 3 rings (SSSR count).